The molecule has 5 heteroatoms. The van der Waals surface area contributed by atoms with Gasteiger partial charge in [-0.15, -0.1) is 0 Å². The van der Waals surface area contributed by atoms with Crippen LogP contribution in [0.2, 0.25) is 0 Å². The molecule has 2 rings (SSSR count). The molecular weight excluding hydrogens is 287 g/mol. The van der Waals surface area contributed by atoms with E-state index in [0.717, 1.165) is 17.0 Å². The average molecular weight is 304 g/mol. The number of halogens is 1. The molecule has 3 nitrogen and oxygen atoms in total. The largest absolute Gasteiger partial charge is 0.492 e. The van der Waals surface area contributed by atoms with Crippen molar-refractivity contribution in [2.45, 2.75) is 0 Å². The number of nitrogens with two attached hydrogens (primary N) is 1. The lowest BCUT2D eigenvalue weighted by molar-refractivity contribution is 0.326. The Hall–Kier alpha value is -2.14. The van der Waals surface area contributed by atoms with Crippen LogP contribution in [0.5, 0.6) is 5.75 Å². The fourth-order valence-corrected chi connectivity index (χ4v) is 1.99. The minimum Gasteiger partial charge on any atom is -0.492 e. The zero-order chi connectivity index (χ0) is 15.2. The van der Waals surface area contributed by atoms with Gasteiger partial charge < -0.3 is 15.4 Å². The van der Waals surface area contributed by atoms with Crippen LogP contribution in [0.4, 0.5) is 10.1 Å². The summed E-state index contributed by atoms with van der Waals surface area (Å²) in [5.41, 5.74) is 7.31. The van der Waals surface area contributed by atoms with Gasteiger partial charge in [0.15, 0.2) is 0 Å². The number of benzene rings is 2. The van der Waals surface area contributed by atoms with Crippen LogP contribution in [0, 0.1) is 5.82 Å². The lowest BCUT2D eigenvalue weighted by atomic mass is 10.2. The molecule has 0 bridgehead atoms. The van der Waals surface area contributed by atoms with Gasteiger partial charge in [-0.3, -0.25) is 0 Å². The predicted octanol–water partition coefficient (Wildman–Crippen LogP) is 2.98. The Balaban J connectivity index is 1.87. The van der Waals surface area contributed by atoms with Crippen molar-refractivity contribution in [2.24, 2.45) is 5.73 Å². The number of likely N-dealkylation sites (N-methyl/N-ethyl adjacent to an activating group) is 1. The summed E-state index contributed by atoms with van der Waals surface area (Å²) in [5, 5.41) is 0. The first-order valence-corrected chi connectivity index (χ1v) is 6.96. The highest BCUT2D eigenvalue weighted by atomic mass is 32.1. The highest BCUT2D eigenvalue weighted by Gasteiger charge is 2.03. The van der Waals surface area contributed by atoms with E-state index in [0.29, 0.717) is 18.1 Å². The van der Waals surface area contributed by atoms with Crippen LogP contribution in [-0.4, -0.2) is 25.2 Å². The summed E-state index contributed by atoms with van der Waals surface area (Å²) >= 11 is 4.93. The number of nitrogens with zero attached hydrogens (tertiary/aromatic N) is 1. The quantitative estimate of drug-likeness (QED) is 0.833. The Labute approximate surface area is 129 Å². The van der Waals surface area contributed by atoms with Gasteiger partial charge in [0.1, 0.15) is 23.2 Å². The highest BCUT2D eigenvalue weighted by molar-refractivity contribution is 7.80. The van der Waals surface area contributed by atoms with E-state index < -0.39 is 0 Å². The van der Waals surface area contributed by atoms with Gasteiger partial charge in [-0.1, -0.05) is 24.4 Å². The van der Waals surface area contributed by atoms with Crippen molar-refractivity contribution in [3.63, 3.8) is 0 Å². The second-order valence-corrected chi connectivity index (χ2v) is 5.08. The second kappa shape index (κ2) is 7.04. The van der Waals surface area contributed by atoms with E-state index in [-0.39, 0.29) is 5.82 Å². The van der Waals surface area contributed by atoms with E-state index in [4.69, 9.17) is 22.7 Å². The molecule has 0 aliphatic carbocycles. The van der Waals surface area contributed by atoms with Crippen LogP contribution < -0.4 is 15.4 Å². The smallest absolute Gasteiger partial charge is 0.123 e. The monoisotopic (exact) mass is 304 g/mol. The summed E-state index contributed by atoms with van der Waals surface area (Å²) in [6, 6.07) is 13.7. The first-order chi connectivity index (χ1) is 10.1. The third kappa shape index (κ3) is 4.43. The summed E-state index contributed by atoms with van der Waals surface area (Å²) in [6.07, 6.45) is 0. The maximum atomic E-state index is 12.9. The number of ether oxygens (including phenoxy) is 1. The number of thiocarbonyl (C=S) groups is 1. The molecule has 110 valence electrons. The van der Waals surface area contributed by atoms with Crippen molar-refractivity contribution in [3.8, 4) is 5.75 Å². The molecule has 0 atom stereocenters. The van der Waals surface area contributed by atoms with Crippen LogP contribution in [-0.2, 0) is 0 Å². The molecule has 0 saturated heterocycles. The molecule has 0 amide bonds. The Morgan fingerprint density at radius 2 is 1.95 bits per heavy atom. The van der Waals surface area contributed by atoms with Gasteiger partial charge in [0, 0.05) is 18.3 Å². The minimum absolute atomic E-state index is 0.238. The maximum absolute atomic E-state index is 12.9. The van der Waals surface area contributed by atoms with E-state index in [1.807, 2.05) is 36.2 Å². The lowest BCUT2D eigenvalue weighted by Crippen LogP contribution is -2.23. The lowest BCUT2D eigenvalue weighted by Gasteiger charge is -2.19. The fraction of sp³-hybridized carbons (Fsp3) is 0.188. The number of anilines is 1. The molecule has 0 aliphatic heterocycles. The summed E-state index contributed by atoms with van der Waals surface area (Å²) in [6.45, 7) is 1.19. The first-order valence-electron chi connectivity index (χ1n) is 6.55. The first kappa shape index (κ1) is 15.3. The SMILES string of the molecule is CN(CCOc1cccc(C(N)=S)c1)c1ccc(F)cc1. The van der Waals surface area contributed by atoms with E-state index in [2.05, 4.69) is 0 Å². The van der Waals surface area contributed by atoms with Gasteiger partial charge in [-0.05, 0) is 36.4 Å². The molecule has 0 heterocycles. The van der Waals surface area contributed by atoms with Crippen molar-refractivity contribution in [3.05, 3.63) is 59.9 Å². The Kier molecular flexibility index (Phi) is 5.11. The predicted molar refractivity (Wildman–Crippen MR) is 87.5 cm³/mol. The van der Waals surface area contributed by atoms with Crippen molar-refractivity contribution >= 4 is 22.9 Å². The molecule has 0 radical (unpaired) electrons. The van der Waals surface area contributed by atoms with Gasteiger partial charge in [-0.2, -0.15) is 0 Å². The molecule has 0 fully saturated rings. The molecule has 2 N–H and O–H groups in total. The normalized spacial score (nSPS) is 10.2. The topological polar surface area (TPSA) is 38.5 Å². The van der Waals surface area contributed by atoms with Crippen molar-refractivity contribution < 1.29 is 9.13 Å². The Morgan fingerprint density at radius 1 is 1.24 bits per heavy atom. The zero-order valence-electron chi connectivity index (χ0n) is 11.8. The van der Waals surface area contributed by atoms with Gasteiger partial charge in [0.05, 0.1) is 6.54 Å². The molecule has 0 aromatic heterocycles. The van der Waals surface area contributed by atoms with E-state index in [1.54, 1.807) is 12.1 Å². The van der Waals surface area contributed by atoms with Gasteiger partial charge in [0.25, 0.3) is 0 Å². The van der Waals surface area contributed by atoms with Crippen molar-refractivity contribution in [1.82, 2.24) is 0 Å². The third-order valence-electron chi connectivity index (χ3n) is 3.08. The molecule has 2 aromatic carbocycles. The summed E-state index contributed by atoms with van der Waals surface area (Å²) in [5.74, 6) is 0.491. The number of hydrogen-bond donors (Lipinski definition) is 1. The Morgan fingerprint density at radius 3 is 2.62 bits per heavy atom. The second-order valence-electron chi connectivity index (χ2n) is 4.64. The molecule has 0 aliphatic rings. The van der Waals surface area contributed by atoms with E-state index in [9.17, 15) is 4.39 Å². The highest BCUT2D eigenvalue weighted by Crippen LogP contribution is 2.15. The number of rotatable bonds is 6. The molecule has 0 unspecified atom stereocenters. The van der Waals surface area contributed by atoms with Gasteiger partial charge in [0.2, 0.25) is 0 Å². The van der Waals surface area contributed by atoms with Gasteiger partial charge in [-0.25, -0.2) is 4.39 Å². The van der Waals surface area contributed by atoms with Crippen LogP contribution in [0.1, 0.15) is 5.56 Å². The van der Waals surface area contributed by atoms with Gasteiger partial charge >= 0.3 is 0 Å². The van der Waals surface area contributed by atoms with Crippen molar-refractivity contribution in [1.29, 1.82) is 0 Å². The third-order valence-corrected chi connectivity index (χ3v) is 3.32. The molecular formula is C16H17FN2OS. The summed E-state index contributed by atoms with van der Waals surface area (Å²) in [7, 11) is 1.93. The number of hydrogen-bond acceptors (Lipinski definition) is 3. The molecule has 0 spiro atoms. The van der Waals surface area contributed by atoms with E-state index >= 15 is 0 Å². The molecule has 21 heavy (non-hydrogen) atoms. The van der Waals surface area contributed by atoms with Crippen LogP contribution in [0.25, 0.3) is 0 Å². The van der Waals surface area contributed by atoms with Crippen LogP contribution in [0.3, 0.4) is 0 Å². The Bertz CT molecular complexity index is 616. The van der Waals surface area contributed by atoms with E-state index in [1.165, 1.54) is 12.1 Å². The fourth-order valence-electron chi connectivity index (χ4n) is 1.86. The summed E-state index contributed by atoms with van der Waals surface area (Å²) < 4.78 is 18.5. The van der Waals surface area contributed by atoms with Crippen LogP contribution >= 0.6 is 12.2 Å². The average Bonchev–Trinajstić information content (AvgIpc) is 2.48. The molecule has 2 aromatic rings. The zero-order valence-corrected chi connectivity index (χ0v) is 12.6. The van der Waals surface area contributed by atoms with Crippen molar-refractivity contribution in [2.75, 3.05) is 25.1 Å². The standard InChI is InChI=1S/C16H17FN2OS/c1-19(14-7-5-13(17)6-8-14)9-10-20-15-4-2-3-12(11-15)16(18)21/h2-8,11H,9-10H2,1H3,(H2,18,21). The minimum atomic E-state index is -0.238. The molecule has 0 saturated carbocycles. The maximum Gasteiger partial charge on any atom is 0.123 e. The van der Waals surface area contributed by atoms with Crippen LogP contribution in [0.15, 0.2) is 48.5 Å². The summed E-state index contributed by atoms with van der Waals surface area (Å²) in [4.78, 5) is 2.35.